The number of carbonyl (C=O) groups excluding carboxylic acids is 1. The number of Topliss-reactive ketones (excluding diaryl/α,β-unsaturated/α-hetero) is 1. The van der Waals surface area contributed by atoms with Crippen molar-refractivity contribution in [2.24, 2.45) is 34.0 Å². The largest absolute Gasteiger partial charge is 0.478 e. The minimum atomic E-state index is -1.01. The third-order valence-corrected chi connectivity index (χ3v) is 9.75. The molecule has 0 radical (unpaired) electrons. The molecule has 0 unspecified atom stereocenters. The van der Waals surface area contributed by atoms with Gasteiger partial charge in [0.15, 0.2) is 5.78 Å². The van der Waals surface area contributed by atoms with Gasteiger partial charge in [0.25, 0.3) is 0 Å². The Morgan fingerprint density at radius 1 is 1.21 bits per heavy atom. The Bertz CT molecular complexity index is 1030. The van der Waals surface area contributed by atoms with Gasteiger partial charge in [-0.3, -0.25) is 4.79 Å². The standard InChI is InChI=1S/C28H36O5/c1-6-26(4)15-21(29)27(5)16(2)10-11-28(17(3)24(26)31)14-20(22(30)23(27)28)13-18-8-7-9-19(12-18)25(32)33/h6-9,12-13,16-17,21,23-24,29,31H,1,10-11,14-15H2,2-5H3,(H,32,33)/b20-13+/t16-,17+,21-,23+,24+,26-,27+,28+/m1/s1. The third-order valence-electron chi connectivity index (χ3n) is 9.75. The molecule has 1 aromatic carbocycles. The van der Waals surface area contributed by atoms with Gasteiger partial charge in [0.05, 0.1) is 17.8 Å². The molecule has 0 spiro atoms. The zero-order valence-corrected chi connectivity index (χ0v) is 20.0. The predicted octanol–water partition coefficient (Wildman–Crippen LogP) is 4.73. The van der Waals surface area contributed by atoms with Crippen LogP contribution in [-0.4, -0.2) is 39.3 Å². The predicted molar refractivity (Wildman–Crippen MR) is 128 cm³/mol. The zero-order chi connectivity index (χ0) is 24.3. The van der Waals surface area contributed by atoms with E-state index in [9.17, 15) is 24.9 Å². The number of ketones is 1. The van der Waals surface area contributed by atoms with Crippen LogP contribution in [0, 0.1) is 34.0 Å². The number of aromatic carboxylic acids is 1. The number of aliphatic hydroxyl groups excluding tert-OH is 2. The zero-order valence-electron chi connectivity index (χ0n) is 20.0. The highest BCUT2D eigenvalue weighted by Crippen LogP contribution is 2.68. The van der Waals surface area contributed by atoms with Gasteiger partial charge >= 0.3 is 5.97 Å². The molecule has 3 N–H and O–H groups in total. The number of allylic oxidation sites excluding steroid dienone is 1. The maximum absolute atomic E-state index is 14.0. The van der Waals surface area contributed by atoms with Crippen molar-refractivity contribution in [1.29, 1.82) is 0 Å². The molecule has 3 aliphatic rings. The molecule has 0 amide bonds. The van der Waals surface area contributed by atoms with Gasteiger partial charge < -0.3 is 15.3 Å². The van der Waals surface area contributed by atoms with Crippen LogP contribution in [0.1, 0.15) is 69.3 Å². The second kappa shape index (κ2) is 7.92. The van der Waals surface area contributed by atoms with Crippen LogP contribution < -0.4 is 0 Å². The van der Waals surface area contributed by atoms with Gasteiger partial charge in [-0.25, -0.2) is 4.79 Å². The Labute approximate surface area is 196 Å². The summed E-state index contributed by atoms with van der Waals surface area (Å²) in [6.45, 7) is 12.2. The SMILES string of the molecule is C=C[C@]1(C)C[C@@H](O)[C@]2(C)[C@H](C)CC[C@]3(C/C(=C\c4cccc(C(=O)O)c4)C(=O)[C@H]32)[C@@H](C)[C@@H]1O. The number of aliphatic hydroxyl groups is 2. The lowest BCUT2D eigenvalue weighted by atomic mass is 9.44. The van der Waals surface area contributed by atoms with E-state index < -0.39 is 40.3 Å². The lowest BCUT2D eigenvalue weighted by Crippen LogP contribution is -2.62. The van der Waals surface area contributed by atoms with E-state index in [-0.39, 0.29) is 23.2 Å². The Morgan fingerprint density at radius 2 is 1.91 bits per heavy atom. The minimum absolute atomic E-state index is 0.0325. The quantitative estimate of drug-likeness (QED) is 0.455. The molecule has 2 bridgehead atoms. The van der Waals surface area contributed by atoms with Crippen LogP contribution in [0.2, 0.25) is 0 Å². The first-order valence-electron chi connectivity index (χ1n) is 12.0. The highest BCUT2D eigenvalue weighted by atomic mass is 16.4. The van der Waals surface area contributed by atoms with Gasteiger partial charge in [0, 0.05) is 16.7 Å². The van der Waals surface area contributed by atoms with Crippen molar-refractivity contribution < 1.29 is 24.9 Å². The van der Waals surface area contributed by atoms with E-state index in [0.717, 1.165) is 12.8 Å². The van der Waals surface area contributed by atoms with Crippen molar-refractivity contribution in [2.45, 2.75) is 65.6 Å². The molecule has 3 aliphatic carbocycles. The van der Waals surface area contributed by atoms with E-state index in [1.54, 1.807) is 18.2 Å². The summed E-state index contributed by atoms with van der Waals surface area (Å²) >= 11 is 0. The fourth-order valence-electron chi connectivity index (χ4n) is 7.31. The number of carbonyl (C=O) groups is 2. The molecule has 0 heterocycles. The van der Waals surface area contributed by atoms with E-state index in [1.807, 2.05) is 19.1 Å². The molecule has 0 aliphatic heterocycles. The molecule has 1 aromatic rings. The monoisotopic (exact) mass is 452 g/mol. The maximum Gasteiger partial charge on any atom is 0.335 e. The van der Waals surface area contributed by atoms with Crippen molar-refractivity contribution in [3.63, 3.8) is 0 Å². The Balaban J connectivity index is 1.88. The van der Waals surface area contributed by atoms with Gasteiger partial charge in [-0.1, -0.05) is 45.9 Å². The van der Waals surface area contributed by atoms with Crippen molar-refractivity contribution in [1.82, 2.24) is 0 Å². The fourth-order valence-corrected chi connectivity index (χ4v) is 7.31. The molecule has 8 atom stereocenters. The Kier molecular flexibility index (Phi) is 5.73. The molecule has 0 saturated heterocycles. The van der Waals surface area contributed by atoms with Crippen LogP contribution in [0.15, 0.2) is 42.5 Å². The Morgan fingerprint density at radius 3 is 2.55 bits per heavy atom. The molecule has 3 fully saturated rings. The van der Waals surface area contributed by atoms with E-state index in [2.05, 4.69) is 27.4 Å². The molecule has 3 saturated carbocycles. The number of benzene rings is 1. The van der Waals surface area contributed by atoms with Crippen LogP contribution in [0.3, 0.4) is 0 Å². The summed E-state index contributed by atoms with van der Waals surface area (Å²) in [5, 5.41) is 32.4. The van der Waals surface area contributed by atoms with Crippen LogP contribution in [-0.2, 0) is 4.79 Å². The van der Waals surface area contributed by atoms with Gasteiger partial charge in [-0.15, -0.1) is 6.58 Å². The summed E-state index contributed by atoms with van der Waals surface area (Å²) in [5.74, 6) is -1.37. The smallest absolute Gasteiger partial charge is 0.335 e. The molecule has 33 heavy (non-hydrogen) atoms. The number of carboxylic acids is 1. The highest BCUT2D eigenvalue weighted by Gasteiger charge is 2.68. The second-order valence-electron chi connectivity index (χ2n) is 11.3. The highest BCUT2D eigenvalue weighted by molar-refractivity contribution is 6.05. The molecule has 0 aromatic heterocycles. The van der Waals surface area contributed by atoms with E-state index in [1.165, 1.54) is 6.07 Å². The van der Waals surface area contributed by atoms with Gasteiger partial charge in [-0.05, 0) is 72.3 Å². The average molecular weight is 453 g/mol. The first kappa shape index (κ1) is 23.9. The summed E-state index contributed by atoms with van der Waals surface area (Å²) in [5.41, 5.74) is -0.205. The van der Waals surface area contributed by atoms with Gasteiger partial charge in [0.2, 0.25) is 0 Å². The van der Waals surface area contributed by atoms with E-state index in [0.29, 0.717) is 24.0 Å². The first-order chi connectivity index (χ1) is 15.4. The first-order valence-corrected chi connectivity index (χ1v) is 12.0. The van der Waals surface area contributed by atoms with Crippen molar-refractivity contribution in [2.75, 3.05) is 0 Å². The summed E-state index contributed by atoms with van der Waals surface area (Å²) in [7, 11) is 0. The van der Waals surface area contributed by atoms with Crippen LogP contribution in [0.5, 0.6) is 0 Å². The molecular weight excluding hydrogens is 416 g/mol. The molecule has 5 heteroatoms. The second-order valence-corrected chi connectivity index (χ2v) is 11.3. The number of hydrogen-bond donors (Lipinski definition) is 3. The van der Waals surface area contributed by atoms with Crippen LogP contribution >= 0.6 is 0 Å². The number of carboxylic acid groups (broad SMARTS) is 1. The molecule has 5 nitrogen and oxygen atoms in total. The number of hydrogen-bond acceptors (Lipinski definition) is 4. The Hall–Kier alpha value is -2.24. The fraction of sp³-hybridized carbons (Fsp3) is 0.571. The third kappa shape index (κ3) is 3.35. The van der Waals surface area contributed by atoms with Crippen LogP contribution in [0.25, 0.3) is 6.08 Å². The summed E-state index contributed by atoms with van der Waals surface area (Å²) in [6.07, 6.45) is 4.69. The molecule has 178 valence electrons. The van der Waals surface area contributed by atoms with E-state index >= 15 is 0 Å². The normalized spacial score (nSPS) is 44.1. The van der Waals surface area contributed by atoms with Crippen molar-refractivity contribution >= 4 is 17.8 Å². The number of rotatable bonds is 3. The average Bonchev–Trinajstić information content (AvgIpc) is 3.07. The van der Waals surface area contributed by atoms with E-state index in [4.69, 9.17) is 0 Å². The summed E-state index contributed by atoms with van der Waals surface area (Å²) in [4.78, 5) is 25.4. The van der Waals surface area contributed by atoms with Gasteiger partial charge in [-0.2, -0.15) is 0 Å². The molecular formula is C28H36O5. The lowest BCUT2D eigenvalue weighted by molar-refractivity contribution is -0.191. The maximum atomic E-state index is 14.0. The lowest BCUT2D eigenvalue weighted by Gasteiger charge is -2.61. The minimum Gasteiger partial charge on any atom is -0.478 e. The van der Waals surface area contributed by atoms with Gasteiger partial charge in [0.1, 0.15) is 0 Å². The topological polar surface area (TPSA) is 94.8 Å². The van der Waals surface area contributed by atoms with Crippen molar-refractivity contribution in [3.05, 3.63) is 53.6 Å². The summed E-state index contributed by atoms with van der Waals surface area (Å²) < 4.78 is 0. The summed E-state index contributed by atoms with van der Waals surface area (Å²) in [6, 6.07) is 6.61. The van der Waals surface area contributed by atoms with Crippen LogP contribution in [0.4, 0.5) is 0 Å². The van der Waals surface area contributed by atoms with Crippen molar-refractivity contribution in [3.8, 4) is 0 Å². The molecule has 4 rings (SSSR count).